The highest BCUT2D eigenvalue weighted by Crippen LogP contribution is 2.36. The van der Waals surface area contributed by atoms with Gasteiger partial charge in [-0.3, -0.25) is 18.6 Å². The second-order valence-electron chi connectivity index (χ2n) is 6.72. The maximum atomic E-state index is 13.8. The molecule has 0 saturated carbocycles. The standard InChI is InChI=1S/C20H15FN4O2/c1-24-19(27)17-13(11-5-4-6-12(21)9-11)10-16(26)23-18(17)25-15-8-3-2-7-14(15)22-20(24)25/h2-9,13H,10H2,1H3,(H,23,26)/t13-/m1/s1. The fourth-order valence-corrected chi connectivity index (χ4v) is 3.87. The quantitative estimate of drug-likeness (QED) is 0.566. The number of benzene rings is 2. The summed E-state index contributed by atoms with van der Waals surface area (Å²) in [5.41, 5.74) is 2.31. The summed E-state index contributed by atoms with van der Waals surface area (Å²) in [6.45, 7) is 0. The zero-order valence-corrected chi connectivity index (χ0v) is 14.4. The third-order valence-corrected chi connectivity index (χ3v) is 5.10. The number of carbonyl (C=O) groups is 1. The molecule has 1 amide bonds. The predicted octanol–water partition coefficient (Wildman–Crippen LogP) is 2.80. The fraction of sp³-hybridized carbons (Fsp3) is 0.150. The molecule has 7 heteroatoms. The van der Waals surface area contributed by atoms with Crippen LogP contribution in [0.5, 0.6) is 0 Å². The smallest absolute Gasteiger partial charge is 0.260 e. The number of aromatic nitrogens is 3. The van der Waals surface area contributed by atoms with Gasteiger partial charge in [-0.15, -0.1) is 0 Å². The van der Waals surface area contributed by atoms with Crippen LogP contribution in [0.1, 0.15) is 23.5 Å². The average Bonchev–Trinajstić information content (AvgIpc) is 3.05. The van der Waals surface area contributed by atoms with Gasteiger partial charge in [0.25, 0.3) is 5.56 Å². The molecule has 3 heterocycles. The van der Waals surface area contributed by atoms with Crippen LogP contribution in [-0.2, 0) is 11.8 Å². The van der Waals surface area contributed by atoms with Crippen molar-refractivity contribution in [3.05, 3.63) is 75.8 Å². The third-order valence-electron chi connectivity index (χ3n) is 5.10. The Hall–Kier alpha value is -3.48. The molecule has 1 atom stereocenters. The Labute approximate surface area is 152 Å². The topological polar surface area (TPSA) is 68.4 Å². The van der Waals surface area contributed by atoms with Crippen LogP contribution >= 0.6 is 0 Å². The van der Waals surface area contributed by atoms with Gasteiger partial charge in [0.05, 0.1) is 16.6 Å². The van der Waals surface area contributed by atoms with Gasteiger partial charge in [0.1, 0.15) is 11.6 Å². The van der Waals surface area contributed by atoms with Gasteiger partial charge in [-0.25, -0.2) is 9.37 Å². The van der Waals surface area contributed by atoms with Crippen molar-refractivity contribution in [1.29, 1.82) is 0 Å². The van der Waals surface area contributed by atoms with Crippen molar-refractivity contribution >= 4 is 28.5 Å². The summed E-state index contributed by atoms with van der Waals surface area (Å²) in [6, 6.07) is 13.5. The number of imidazole rings is 1. The molecular weight excluding hydrogens is 347 g/mol. The number of fused-ring (bicyclic) bond motifs is 5. The number of para-hydroxylation sites is 2. The van der Waals surface area contributed by atoms with Crippen molar-refractivity contribution < 1.29 is 9.18 Å². The Kier molecular flexibility index (Phi) is 3.21. The Morgan fingerprint density at radius 2 is 1.96 bits per heavy atom. The highest BCUT2D eigenvalue weighted by Gasteiger charge is 2.33. The zero-order chi connectivity index (χ0) is 18.7. The molecule has 0 bridgehead atoms. The van der Waals surface area contributed by atoms with E-state index < -0.39 is 11.7 Å². The van der Waals surface area contributed by atoms with Gasteiger partial charge in [-0.05, 0) is 29.8 Å². The number of hydrogen-bond donors (Lipinski definition) is 1. The number of nitrogens with one attached hydrogen (secondary N) is 1. The van der Waals surface area contributed by atoms with E-state index >= 15 is 0 Å². The highest BCUT2D eigenvalue weighted by atomic mass is 19.1. The Morgan fingerprint density at radius 3 is 2.78 bits per heavy atom. The van der Waals surface area contributed by atoms with Crippen LogP contribution < -0.4 is 10.9 Å². The van der Waals surface area contributed by atoms with Gasteiger partial charge in [0.15, 0.2) is 0 Å². The van der Waals surface area contributed by atoms with Crippen molar-refractivity contribution in [3.8, 4) is 0 Å². The van der Waals surface area contributed by atoms with Crippen molar-refractivity contribution in [2.75, 3.05) is 5.32 Å². The lowest BCUT2D eigenvalue weighted by Crippen LogP contribution is -2.35. The molecule has 0 aliphatic carbocycles. The molecule has 1 aliphatic heterocycles. The van der Waals surface area contributed by atoms with E-state index in [-0.39, 0.29) is 17.9 Å². The summed E-state index contributed by atoms with van der Waals surface area (Å²) in [7, 11) is 1.66. The fourth-order valence-electron chi connectivity index (χ4n) is 3.87. The van der Waals surface area contributed by atoms with Crippen LogP contribution in [0.2, 0.25) is 0 Å². The molecule has 0 radical (unpaired) electrons. The van der Waals surface area contributed by atoms with Gasteiger partial charge in [-0.1, -0.05) is 24.3 Å². The van der Waals surface area contributed by atoms with Crippen LogP contribution in [0.4, 0.5) is 10.2 Å². The van der Waals surface area contributed by atoms with E-state index in [1.54, 1.807) is 23.6 Å². The maximum Gasteiger partial charge on any atom is 0.260 e. The summed E-state index contributed by atoms with van der Waals surface area (Å²) < 4.78 is 17.0. The summed E-state index contributed by atoms with van der Waals surface area (Å²) in [5, 5.41) is 2.84. The minimum atomic E-state index is -0.520. The van der Waals surface area contributed by atoms with Crippen molar-refractivity contribution in [2.24, 2.45) is 7.05 Å². The van der Waals surface area contributed by atoms with E-state index in [4.69, 9.17) is 0 Å². The minimum absolute atomic E-state index is 0.0871. The molecule has 0 saturated heterocycles. The van der Waals surface area contributed by atoms with E-state index in [2.05, 4.69) is 10.3 Å². The molecule has 134 valence electrons. The predicted molar refractivity (Wildman–Crippen MR) is 99.4 cm³/mol. The largest absolute Gasteiger partial charge is 0.311 e. The number of nitrogens with zero attached hydrogens (tertiary/aromatic N) is 3. The number of anilines is 1. The lowest BCUT2D eigenvalue weighted by Gasteiger charge is -2.26. The molecule has 2 aromatic heterocycles. The van der Waals surface area contributed by atoms with Crippen LogP contribution in [0, 0.1) is 5.82 Å². The molecule has 1 aliphatic rings. The number of carbonyl (C=O) groups excluding carboxylic acids is 1. The van der Waals surface area contributed by atoms with Gasteiger partial charge in [0.2, 0.25) is 11.7 Å². The van der Waals surface area contributed by atoms with Crippen molar-refractivity contribution in [1.82, 2.24) is 14.0 Å². The first-order valence-corrected chi connectivity index (χ1v) is 8.60. The molecule has 0 unspecified atom stereocenters. The second kappa shape index (κ2) is 5.51. The van der Waals surface area contributed by atoms with E-state index in [9.17, 15) is 14.0 Å². The SMILES string of the molecule is Cn1c(=O)c2c(n3c4ccccc4nc13)NC(=O)C[C@@H]2c1cccc(F)c1. The molecule has 0 fully saturated rings. The van der Waals surface area contributed by atoms with Crippen LogP contribution in [-0.4, -0.2) is 19.9 Å². The van der Waals surface area contributed by atoms with E-state index in [0.717, 1.165) is 11.0 Å². The van der Waals surface area contributed by atoms with E-state index in [1.165, 1.54) is 16.7 Å². The lowest BCUT2D eigenvalue weighted by molar-refractivity contribution is -0.116. The van der Waals surface area contributed by atoms with Crippen LogP contribution in [0.3, 0.4) is 0 Å². The molecule has 1 N–H and O–H groups in total. The lowest BCUT2D eigenvalue weighted by atomic mass is 9.86. The van der Waals surface area contributed by atoms with Crippen molar-refractivity contribution in [3.63, 3.8) is 0 Å². The number of aryl methyl sites for hydroxylation is 1. The van der Waals surface area contributed by atoms with Gasteiger partial charge in [0, 0.05) is 19.4 Å². The minimum Gasteiger partial charge on any atom is -0.311 e. The average molecular weight is 362 g/mol. The number of rotatable bonds is 1. The number of hydrogen-bond acceptors (Lipinski definition) is 3. The van der Waals surface area contributed by atoms with Gasteiger partial charge < -0.3 is 5.32 Å². The second-order valence-corrected chi connectivity index (χ2v) is 6.72. The Bertz CT molecular complexity index is 1300. The summed E-state index contributed by atoms with van der Waals surface area (Å²) >= 11 is 0. The molecule has 2 aromatic carbocycles. The first kappa shape index (κ1) is 15.7. The zero-order valence-electron chi connectivity index (χ0n) is 14.4. The van der Waals surface area contributed by atoms with E-state index in [0.29, 0.717) is 22.7 Å². The Morgan fingerprint density at radius 1 is 1.15 bits per heavy atom. The molecule has 6 nitrogen and oxygen atoms in total. The van der Waals surface area contributed by atoms with Gasteiger partial charge >= 0.3 is 0 Å². The summed E-state index contributed by atoms with van der Waals surface area (Å²) in [4.78, 5) is 30.1. The van der Waals surface area contributed by atoms with Gasteiger partial charge in [-0.2, -0.15) is 0 Å². The van der Waals surface area contributed by atoms with Crippen molar-refractivity contribution in [2.45, 2.75) is 12.3 Å². The molecule has 4 aromatic rings. The van der Waals surface area contributed by atoms with Crippen LogP contribution in [0.25, 0.3) is 16.8 Å². The maximum absolute atomic E-state index is 13.8. The summed E-state index contributed by atoms with van der Waals surface area (Å²) in [5.74, 6) is -0.281. The third kappa shape index (κ3) is 2.21. The molecular formula is C20H15FN4O2. The highest BCUT2D eigenvalue weighted by molar-refractivity contribution is 5.96. The summed E-state index contributed by atoms with van der Waals surface area (Å²) in [6.07, 6.45) is 0.0871. The van der Waals surface area contributed by atoms with Crippen LogP contribution in [0.15, 0.2) is 53.3 Å². The molecule has 27 heavy (non-hydrogen) atoms. The molecule has 5 rings (SSSR count). The Balaban J connectivity index is 1.92. The number of amides is 1. The number of halogens is 1. The monoisotopic (exact) mass is 362 g/mol. The first-order chi connectivity index (χ1) is 13.0. The molecule has 0 spiro atoms. The van der Waals surface area contributed by atoms with E-state index in [1.807, 2.05) is 24.3 Å². The first-order valence-electron chi connectivity index (χ1n) is 8.60. The normalized spacial score (nSPS) is 16.5.